The minimum Gasteiger partial charge on any atom is -0.494 e. The van der Waals surface area contributed by atoms with Crippen LogP contribution < -0.4 is 10.1 Å². The lowest BCUT2D eigenvalue weighted by Gasteiger charge is -2.14. The van der Waals surface area contributed by atoms with E-state index in [-0.39, 0.29) is 5.97 Å². The second kappa shape index (κ2) is 8.22. The van der Waals surface area contributed by atoms with Crippen LogP contribution in [0.4, 0.5) is 5.69 Å². The molecule has 0 saturated carbocycles. The highest BCUT2D eigenvalue weighted by atomic mass is 16.5. The van der Waals surface area contributed by atoms with E-state index in [1.807, 2.05) is 43.3 Å². The average Bonchev–Trinajstić information content (AvgIpc) is 2.56. The molecule has 0 aliphatic rings. The maximum atomic E-state index is 11.8. The molecule has 0 aliphatic heterocycles. The fourth-order valence-electron chi connectivity index (χ4n) is 2.29. The highest BCUT2D eigenvalue weighted by molar-refractivity contribution is 5.96. The molecule has 2 rings (SSSR count). The van der Waals surface area contributed by atoms with Gasteiger partial charge < -0.3 is 14.8 Å². The molecule has 2 aromatic rings. The number of carbonyl (C=O) groups is 1. The molecule has 0 radical (unpaired) electrons. The summed E-state index contributed by atoms with van der Waals surface area (Å²) in [5.74, 6) is 0.550. The van der Waals surface area contributed by atoms with E-state index < -0.39 is 0 Å². The first-order chi connectivity index (χ1) is 11.1. The van der Waals surface area contributed by atoms with Crippen molar-refractivity contribution in [1.29, 1.82) is 0 Å². The third-order valence-electron chi connectivity index (χ3n) is 3.59. The lowest BCUT2D eigenvalue weighted by atomic mass is 10.1. The summed E-state index contributed by atoms with van der Waals surface area (Å²) in [7, 11) is 1.39. The summed E-state index contributed by atoms with van der Waals surface area (Å²) in [4.78, 5) is 11.8. The van der Waals surface area contributed by atoms with Gasteiger partial charge in [0.1, 0.15) is 5.75 Å². The highest BCUT2D eigenvalue weighted by Crippen LogP contribution is 2.21. The van der Waals surface area contributed by atoms with Gasteiger partial charge in [0, 0.05) is 6.54 Å². The van der Waals surface area contributed by atoms with Gasteiger partial charge in [-0.2, -0.15) is 0 Å². The van der Waals surface area contributed by atoms with Crippen molar-refractivity contribution in [3.8, 4) is 5.75 Å². The molecule has 122 valence electrons. The predicted octanol–water partition coefficient (Wildman–Crippen LogP) is 3.97. The van der Waals surface area contributed by atoms with Gasteiger partial charge in [-0.15, -0.1) is 0 Å². The van der Waals surface area contributed by atoms with Crippen LogP contribution in [-0.2, 0) is 4.74 Å². The Morgan fingerprint density at radius 1 is 1.09 bits per heavy atom. The Kier molecular flexibility index (Phi) is 6.03. The number of benzene rings is 2. The fourth-order valence-corrected chi connectivity index (χ4v) is 2.29. The summed E-state index contributed by atoms with van der Waals surface area (Å²) in [6, 6.07) is 13.6. The molecule has 0 unspecified atom stereocenters. The van der Waals surface area contributed by atoms with Crippen molar-refractivity contribution in [3.63, 3.8) is 0 Å². The summed E-state index contributed by atoms with van der Waals surface area (Å²) in [6.07, 6.45) is 0.836. The van der Waals surface area contributed by atoms with Crippen LogP contribution in [0.1, 0.15) is 27.9 Å². The number of aryl methyl sites for hydroxylation is 2. The molecule has 0 spiro atoms. The topological polar surface area (TPSA) is 47.6 Å². The monoisotopic (exact) mass is 313 g/mol. The van der Waals surface area contributed by atoms with E-state index >= 15 is 0 Å². The van der Waals surface area contributed by atoms with Crippen molar-refractivity contribution >= 4 is 11.7 Å². The molecule has 0 atom stereocenters. The largest absolute Gasteiger partial charge is 0.494 e. The third-order valence-corrected chi connectivity index (χ3v) is 3.59. The maximum absolute atomic E-state index is 11.8. The molecular formula is C19H23NO3. The SMILES string of the molecule is COC(=O)c1cccc(C)c1NCCCOc1ccc(C)cc1. The van der Waals surface area contributed by atoms with Gasteiger partial charge in [-0.1, -0.05) is 29.8 Å². The summed E-state index contributed by atoms with van der Waals surface area (Å²) < 4.78 is 10.5. The van der Waals surface area contributed by atoms with Crippen LogP contribution in [0.5, 0.6) is 5.75 Å². The first-order valence-electron chi connectivity index (χ1n) is 7.73. The van der Waals surface area contributed by atoms with Gasteiger partial charge in [-0.25, -0.2) is 4.79 Å². The van der Waals surface area contributed by atoms with E-state index in [0.29, 0.717) is 12.2 Å². The Bertz CT molecular complexity index is 650. The minimum atomic E-state index is -0.327. The predicted molar refractivity (Wildman–Crippen MR) is 92.3 cm³/mol. The summed E-state index contributed by atoms with van der Waals surface area (Å²) in [5.41, 5.74) is 3.63. The summed E-state index contributed by atoms with van der Waals surface area (Å²) in [5, 5.41) is 3.31. The quantitative estimate of drug-likeness (QED) is 0.620. The molecule has 1 N–H and O–H groups in total. The zero-order chi connectivity index (χ0) is 16.7. The number of carbonyl (C=O) groups excluding carboxylic acids is 1. The summed E-state index contributed by atoms with van der Waals surface area (Å²) >= 11 is 0. The molecule has 4 nitrogen and oxygen atoms in total. The lowest BCUT2D eigenvalue weighted by molar-refractivity contribution is 0.0601. The lowest BCUT2D eigenvalue weighted by Crippen LogP contribution is -2.12. The molecule has 0 bridgehead atoms. The van der Waals surface area contributed by atoms with Gasteiger partial charge in [-0.05, 0) is 44.0 Å². The number of methoxy groups -OCH3 is 1. The number of anilines is 1. The second-order valence-corrected chi connectivity index (χ2v) is 5.43. The van der Waals surface area contributed by atoms with E-state index in [0.717, 1.165) is 30.0 Å². The van der Waals surface area contributed by atoms with Crippen LogP contribution in [0.15, 0.2) is 42.5 Å². The number of hydrogen-bond acceptors (Lipinski definition) is 4. The standard InChI is InChI=1S/C19H23NO3/c1-14-8-10-16(11-9-14)23-13-5-12-20-18-15(2)6-4-7-17(18)19(21)22-3/h4,6-11,20H,5,12-13H2,1-3H3. The van der Waals surface area contributed by atoms with Crippen LogP contribution in [-0.4, -0.2) is 26.2 Å². The molecule has 0 heterocycles. The van der Waals surface area contributed by atoms with Crippen LogP contribution in [0, 0.1) is 13.8 Å². The van der Waals surface area contributed by atoms with Gasteiger partial charge in [0.15, 0.2) is 0 Å². The van der Waals surface area contributed by atoms with E-state index in [1.165, 1.54) is 12.7 Å². The average molecular weight is 313 g/mol. The van der Waals surface area contributed by atoms with Crippen molar-refractivity contribution in [2.24, 2.45) is 0 Å². The normalized spacial score (nSPS) is 10.2. The Balaban J connectivity index is 1.84. The number of esters is 1. The number of nitrogens with one attached hydrogen (secondary N) is 1. The van der Waals surface area contributed by atoms with Gasteiger partial charge in [0.25, 0.3) is 0 Å². The minimum absolute atomic E-state index is 0.327. The van der Waals surface area contributed by atoms with Crippen molar-refractivity contribution in [2.75, 3.05) is 25.6 Å². The molecule has 4 heteroatoms. The van der Waals surface area contributed by atoms with Crippen LogP contribution in [0.3, 0.4) is 0 Å². The van der Waals surface area contributed by atoms with E-state index in [9.17, 15) is 4.79 Å². The Morgan fingerprint density at radius 2 is 1.83 bits per heavy atom. The first-order valence-corrected chi connectivity index (χ1v) is 7.73. The smallest absolute Gasteiger partial charge is 0.339 e. The number of rotatable bonds is 7. The molecular weight excluding hydrogens is 290 g/mol. The van der Waals surface area contributed by atoms with Crippen molar-refractivity contribution in [3.05, 3.63) is 59.2 Å². The van der Waals surface area contributed by atoms with Crippen LogP contribution in [0.2, 0.25) is 0 Å². The number of para-hydroxylation sites is 1. The zero-order valence-electron chi connectivity index (χ0n) is 13.9. The Morgan fingerprint density at radius 3 is 2.52 bits per heavy atom. The third kappa shape index (κ3) is 4.74. The second-order valence-electron chi connectivity index (χ2n) is 5.43. The molecule has 0 amide bonds. The fraction of sp³-hybridized carbons (Fsp3) is 0.316. The first kappa shape index (κ1) is 16.9. The van der Waals surface area contributed by atoms with E-state index in [4.69, 9.17) is 9.47 Å². The molecule has 23 heavy (non-hydrogen) atoms. The van der Waals surface area contributed by atoms with E-state index in [2.05, 4.69) is 12.2 Å². The number of ether oxygens (including phenoxy) is 2. The highest BCUT2D eigenvalue weighted by Gasteiger charge is 2.12. The maximum Gasteiger partial charge on any atom is 0.339 e. The molecule has 2 aromatic carbocycles. The zero-order valence-corrected chi connectivity index (χ0v) is 13.9. The molecule has 0 aromatic heterocycles. The van der Waals surface area contributed by atoms with Crippen LogP contribution in [0.25, 0.3) is 0 Å². The Hall–Kier alpha value is -2.49. The summed E-state index contributed by atoms with van der Waals surface area (Å²) in [6.45, 7) is 5.36. The van der Waals surface area contributed by atoms with Crippen molar-refractivity contribution < 1.29 is 14.3 Å². The Labute approximate surface area is 137 Å². The molecule has 0 fully saturated rings. The van der Waals surface area contributed by atoms with Gasteiger partial charge in [0.2, 0.25) is 0 Å². The van der Waals surface area contributed by atoms with E-state index in [1.54, 1.807) is 6.07 Å². The molecule has 0 saturated heterocycles. The van der Waals surface area contributed by atoms with Gasteiger partial charge in [-0.3, -0.25) is 0 Å². The van der Waals surface area contributed by atoms with Crippen molar-refractivity contribution in [2.45, 2.75) is 20.3 Å². The van der Waals surface area contributed by atoms with Gasteiger partial charge >= 0.3 is 5.97 Å². The molecule has 0 aliphatic carbocycles. The number of hydrogen-bond donors (Lipinski definition) is 1. The van der Waals surface area contributed by atoms with Crippen molar-refractivity contribution in [1.82, 2.24) is 0 Å². The van der Waals surface area contributed by atoms with Gasteiger partial charge in [0.05, 0.1) is 25.0 Å². The van der Waals surface area contributed by atoms with Crippen LogP contribution >= 0.6 is 0 Å².